The molecule has 0 fully saturated rings. The lowest BCUT2D eigenvalue weighted by molar-refractivity contribution is -0.137. The molecule has 2 rings (SSSR count). The van der Waals surface area contributed by atoms with Gasteiger partial charge in [-0.15, -0.1) is 0 Å². The number of nitrogens with one attached hydrogen (secondary N) is 2. The van der Waals surface area contributed by atoms with Gasteiger partial charge in [0, 0.05) is 29.9 Å². The second kappa shape index (κ2) is 5.43. The maximum atomic E-state index is 12.7. The first-order valence-corrected chi connectivity index (χ1v) is 5.97. The van der Waals surface area contributed by atoms with Crippen molar-refractivity contribution in [3.8, 4) is 0 Å². The molecule has 21 heavy (non-hydrogen) atoms. The van der Waals surface area contributed by atoms with Crippen molar-refractivity contribution in [1.82, 2.24) is 15.2 Å². The van der Waals surface area contributed by atoms with Crippen molar-refractivity contribution >= 4 is 17.0 Å². The van der Waals surface area contributed by atoms with Crippen molar-refractivity contribution in [2.24, 2.45) is 0 Å². The molecule has 0 aliphatic rings. The molecule has 0 saturated carbocycles. The Morgan fingerprint density at radius 2 is 2.00 bits per heavy atom. The molecule has 0 spiro atoms. The number of alkyl halides is 3. The summed E-state index contributed by atoms with van der Waals surface area (Å²) in [7, 11) is 0. The van der Waals surface area contributed by atoms with Crippen LogP contribution in [0, 0.1) is 0 Å². The Morgan fingerprint density at radius 1 is 1.29 bits per heavy atom. The maximum Gasteiger partial charge on any atom is 0.417 e. The van der Waals surface area contributed by atoms with E-state index in [1.54, 1.807) is 13.1 Å². The first-order valence-electron chi connectivity index (χ1n) is 5.97. The lowest BCUT2D eigenvalue weighted by Crippen LogP contribution is -2.07. The molecule has 110 valence electrons. The topological polar surface area (TPSA) is 53.6 Å². The molecular formula is C14H13F3N4. The average molecular weight is 294 g/mol. The smallest absolute Gasteiger partial charge is 0.352 e. The minimum atomic E-state index is -4.44. The van der Waals surface area contributed by atoms with Crippen LogP contribution in [0.4, 0.5) is 18.9 Å². The summed E-state index contributed by atoms with van der Waals surface area (Å²) >= 11 is 0. The molecule has 0 radical (unpaired) electrons. The van der Waals surface area contributed by atoms with E-state index in [0.717, 1.165) is 12.3 Å². The monoisotopic (exact) mass is 294 g/mol. The molecule has 2 heterocycles. The van der Waals surface area contributed by atoms with Crippen LogP contribution in [-0.2, 0) is 6.18 Å². The second-order valence-corrected chi connectivity index (χ2v) is 4.49. The van der Waals surface area contributed by atoms with E-state index in [1.807, 2.05) is 0 Å². The van der Waals surface area contributed by atoms with Gasteiger partial charge in [-0.25, -0.2) is 0 Å². The minimum Gasteiger partial charge on any atom is -0.352 e. The van der Waals surface area contributed by atoms with Crippen molar-refractivity contribution < 1.29 is 13.2 Å². The third-order valence-electron chi connectivity index (χ3n) is 2.74. The van der Waals surface area contributed by atoms with Gasteiger partial charge in [-0.1, -0.05) is 13.2 Å². The van der Waals surface area contributed by atoms with Gasteiger partial charge in [0.05, 0.1) is 11.3 Å². The number of allylic oxidation sites excluding steroid dienone is 1. The minimum absolute atomic E-state index is 0.249. The third kappa shape index (κ3) is 3.31. The summed E-state index contributed by atoms with van der Waals surface area (Å²) in [5.74, 6) is 0. The SMILES string of the molecule is C=C(Nc1c[nH]nc1C(=C)C)c1cncc(C(F)(F)F)c1. The van der Waals surface area contributed by atoms with Crippen LogP contribution in [0.25, 0.3) is 11.3 Å². The Kier molecular flexibility index (Phi) is 3.84. The van der Waals surface area contributed by atoms with Crippen LogP contribution in [0.15, 0.2) is 37.8 Å². The van der Waals surface area contributed by atoms with Gasteiger partial charge in [0.1, 0.15) is 5.69 Å². The van der Waals surface area contributed by atoms with E-state index in [1.165, 1.54) is 6.20 Å². The molecule has 2 aromatic rings. The molecule has 2 N–H and O–H groups in total. The van der Waals surface area contributed by atoms with Crippen LogP contribution >= 0.6 is 0 Å². The average Bonchev–Trinajstić information content (AvgIpc) is 2.86. The lowest BCUT2D eigenvalue weighted by Gasteiger charge is -2.12. The van der Waals surface area contributed by atoms with Crippen LogP contribution in [-0.4, -0.2) is 15.2 Å². The van der Waals surface area contributed by atoms with Crippen molar-refractivity contribution in [3.63, 3.8) is 0 Å². The number of pyridine rings is 1. The molecule has 2 aromatic heterocycles. The summed E-state index contributed by atoms with van der Waals surface area (Å²) in [6.45, 7) is 9.28. The van der Waals surface area contributed by atoms with E-state index in [2.05, 4.69) is 33.7 Å². The summed E-state index contributed by atoms with van der Waals surface area (Å²) in [6.07, 6.45) is -0.781. The summed E-state index contributed by atoms with van der Waals surface area (Å²) in [5, 5.41) is 9.57. The Bertz CT molecular complexity index is 686. The molecule has 0 unspecified atom stereocenters. The zero-order valence-electron chi connectivity index (χ0n) is 11.3. The van der Waals surface area contributed by atoms with Gasteiger partial charge in [-0.3, -0.25) is 10.1 Å². The van der Waals surface area contributed by atoms with Crippen LogP contribution in [0.3, 0.4) is 0 Å². The van der Waals surface area contributed by atoms with Gasteiger partial charge in [0.2, 0.25) is 0 Å². The number of nitrogens with zero attached hydrogens (tertiary/aromatic N) is 2. The zero-order chi connectivity index (χ0) is 15.6. The number of aromatic amines is 1. The molecule has 0 amide bonds. The van der Waals surface area contributed by atoms with Crippen molar-refractivity contribution in [3.05, 3.63) is 54.6 Å². The summed E-state index contributed by atoms with van der Waals surface area (Å²) in [4.78, 5) is 3.60. The molecular weight excluding hydrogens is 281 g/mol. The Morgan fingerprint density at radius 3 is 2.62 bits per heavy atom. The predicted octanol–water partition coefficient (Wildman–Crippen LogP) is 3.94. The number of hydrogen-bond acceptors (Lipinski definition) is 3. The number of aromatic nitrogens is 3. The Hall–Kier alpha value is -2.57. The van der Waals surface area contributed by atoms with E-state index in [0.29, 0.717) is 17.0 Å². The molecule has 0 aliphatic carbocycles. The predicted molar refractivity (Wildman–Crippen MR) is 75.2 cm³/mol. The van der Waals surface area contributed by atoms with Crippen LogP contribution in [0.2, 0.25) is 0 Å². The van der Waals surface area contributed by atoms with Gasteiger partial charge in [-0.05, 0) is 18.6 Å². The molecule has 0 aromatic carbocycles. The fourth-order valence-corrected chi connectivity index (χ4v) is 1.71. The van der Waals surface area contributed by atoms with Gasteiger partial charge in [0.15, 0.2) is 0 Å². The summed E-state index contributed by atoms with van der Waals surface area (Å²) < 4.78 is 38.0. The normalized spacial score (nSPS) is 11.2. The standard InChI is InChI=1S/C14H13F3N4/c1-8(2)13-12(7-19-21-13)20-9(3)10-4-11(6-18-5-10)14(15,16)17/h4-7,20H,1,3H2,2H3,(H,19,21). The molecule has 0 saturated heterocycles. The van der Waals surface area contributed by atoms with E-state index in [-0.39, 0.29) is 11.3 Å². The lowest BCUT2D eigenvalue weighted by atomic mass is 10.1. The fourth-order valence-electron chi connectivity index (χ4n) is 1.71. The largest absolute Gasteiger partial charge is 0.417 e. The highest BCUT2D eigenvalue weighted by atomic mass is 19.4. The highest BCUT2D eigenvalue weighted by Crippen LogP contribution is 2.30. The number of H-pyrrole nitrogens is 1. The van der Waals surface area contributed by atoms with E-state index in [9.17, 15) is 13.2 Å². The van der Waals surface area contributed by atoms with E-state index >= 15 is 0 Å². The highest BCUT2D eigenvalue weighted by Gasteiger charge is 2.31. The second-order valence-electron chi connectivity index (χ2n) is 4.49. The van der Waals surface area contributed by atoms with E-state index in [4.69, 9.17) is 0 Å². The Balaban J connectivity index is 2.25. The maximum absolute atomic E-state index is 12.7. The molecule has 0 aliphatic heterocycles. The van der Waals surface area contributed by atoms with E-state index < -0.39 is 11.7 Å². The molecule has 7 heteroatoms. The van der Waals surface area contributed by atoms with Gasteiger partial charge in [-0.2, -0.15) is 18.3 Å². The quantitative estimate of drug-likeness (QED) is 0.898. The van der Waals surface area contributed by atoms with Gasteiger partial charge < -0.3 is 5.32 Å². The van der Waals surface area contributed by atoms with Gasteiger partial charge >= 0.3 is 6.18 Å². The summed E-state index contributed by atoms with van der Waals surface area (Å²) in [5.41, 5.74) is 1.61. The van der Waals surface area contributed by atoms with Crippen LogP contribution < -0.4 is 5.32 Å². The first-order chi connectivity index (χ1) is 9.79. The molecule has 0 bridgehead atoms. The first kappa shape index (κ1) is 14.8. The van der Waals surface area contributed by atoms with Crippen molar-refractivity contribution in [2.75, 3.05) is 5.32 Å². The number of rotatable bonds is 4. The third-order valence-corrected chi connectivity index (χ3v) is 2.74. The number of halogens is 3. The fraction of sp³-hybridized carbons (Fsp3) is 0.143. The molecule has 0 atom stereocenters. The van der Waals surface area contributed by atoms with Gasteiger partial charge in [0.25, 0.3) is 0 Å². The van der Waals surface area contributed by atoms with Crippen LogP contribution in [0.1, 0.15) is 23.7 Å². The number of hydrogen-bond donors (Lipinski definition) is 2. The summed E-state index contributed by atoms with van der Waals surface area (Å²) in [6, 6.07) is 0.989. The van der Waals surface area contributed by atoms with Crippen molar-refractivity contribution in [2.45, 2.75) is 13.1 Å². The Labute approximate surface area is 119 Å². The van der Waals surface area contributed by atoms with Crippen LogP contribution in [0.5, 0.6) is 0 Å². The number of anilines is 1. The highest BCUT2D eigenvalue weighted by molar-refractivity contribution is 5.80. The molecule has 4 nitrogen and oxygen atoms in total. The zero-order valence-corrected chi connectivity index (χ0v) is 11.3. The van der Waals surface area contributed by atoms with Crippen molar-refractivity contribution in [1.29, 1.82) is 0 Å².